The number of nitrogens with two attached hydrogens (primary N) is 1. The van der Waals surface area contributed by atoms with E-state index in [0.29, 0.717) is 27.8 Å². The van der Waals surface area contributed by atoms with Crippen LogP contribution in [0, 0.1) is 0 Å². The summed E-state index contributed by atoms with van der Waals surface area (Å²) in [6, 6.07) is 6.92. The second-order valence-corrected chi connectivity index (χ2v) is 6.77. The van der Waals surface area contributed by atoms with Gasteiger partial charge in [-0.2, -0.15) is 0 Å². The number of carbonyl (C=O) groups is 1. The summed E-state index contributed by atoms with van der Waals surface area (Å²) >= 11 is 0. The Kier molecular flexibility index (Phi) is 4.12. The molecule has 3 rings (SSSR count). The van der Waals surface area contributed by atoms with Gasteiger partial charge in [0.05, 0.1) is 12.7 Å². The van der Waals surface area contributed by atoms with Gasteiger partial charge in [-0.25, -0.2) is 0 Å². The number of primary amides is 1. The molecule has 0 unspecified atom stereocenters. The number of benzene rings is 1. The quantitative estimate of drug-likeness (QED) is 0.663. The van der Waals surface area contributed by atoms with Crippen LogP contribution in [0.1, 0.15) is 29.9 Å². The number of nitrogens with one attached hydrogen (secondary N) is 1. The highest BCUT2D eigenvalue weighted by molar-refractivity contribution is 6.02. The van der Waals surface area contributed by atoms with Crippen LogP contribution in [0.4, 0.5) is 0 Å². The Bertz CT molecular complexity index is 1070. The lowest BCUT2D eigenvalue weighted by atomic mass is 9.93. The number of carbonyl (C=O) groups excluding carboxylic acids is 1. The van der Waals surface area contributed by atoms with E-state index in [9.17, 15) is 14.7 Å². The van der Waals surface area contributed by atoms with Gasteiger partial charge < -0.3 is 25.1 Å². The summed E-state index contributed by atoms with van der Waals surface area (Å²) in [5, 5.41) is 10.9. The number of amides is 1. The topological polar surface area (TPSA) is 110 Å². The van der Waals surface area contributed by atoms with Gasteiger partial charge in [0.2, 0.25) is 0 Å². The van der Waals surface area contributed by atoms with E-state index in [2.05, 4.69) is 4.98 Å². The fourth-order valence-electron chi connectivity index (χ4n) is 2.98. The molecule has 1 amide bonds. The van der Waals surface area contributed by atoms with Gasteiger partial charge in [0.25, 0.3) is 11.5 Å². The number of hydrogen-bond donors (Lipinski definition) is 3. The lowest BCUT2D eigenvalue weighted by Crippen LogP contribution is -2.18. The van der Waals surface area contributed by atoms with E-state index in [1.807, 2.05) is 6.07 Å². The first-order chi connectivity index (χ1) is 12.1. The van der Waals surface area contributed by atoms with E-state index < -0.39 is 11.5 Å². The van der Waals surface area contributed by atoms with E-state index >= 15 is 0 Å². The van der Waals surface area contributed by atoms with Crippen LogP contribution >= 0.6 is 0 Å². The van der Waals surface area contributed by atoms with Gasteiger partial charge >= 0.3 is 0 Å². The van der Waals surface area contributed by atoms with Crippen molar-refractivity contribution in [2.24, 2.45) is 12.8 Å². The van der Waals surface area contributed by atoms with Gasteiger partial charge in [-0.3, -0.25) is 9.59 Å². The highest BCUT2D eigenvalue weighted by atomic mass is 16.5. The number of pyridine rings is 1. The number of fused-ring (bicyclic) bond motifs is 1. The zero-order valence-corrected chi connectivity index (χ0v) is 15.1. The molecule has 0 bridgehead atoms. The average molecular weight is 355 g/mol. The zero-order valence-electron chi connectivity index (χ0n) is 15.1. The molecule has 0 aliphatic heterocycles. The third kappa shape index (κ3) is 2.86. The summed E-state index contributed by atoms with van der Waals surface area (Å²) in [6.07, 6.45) is 1.68. The van der Waals surface area contributed by atoms with Gasteiger partial charge in [-0.05, 0) is 37.6 Å². The number of aliphatic hydroxyl groups is 1. The second-order valence-electron chi connectivity index (χ2n) is 6.77. The largest absolute Gasteiger partial charge is 0.496 e. The molecule has 0 spiro atoms. The SMILES string of the molecule is COc1ccc(C(C)(C)O)cc1-c1cn(C)c(=O)c2[nH]c(C(N)=O)cc12. The molecule has 0 atom stereocenters. The molecule has 0 radical (unpaired) electrons. The van der Waals surface area contributed by atoms with Crippen LogP contribution in [-0.2, 0) is 12.6 Å². The third-order valence-electron chi connectivity index (χ3n) is 4.43. The first kappa shape index (κ1) is 17.8. The highest BCUT2D eigenvalue weighted by Gasteiger charge is 2.21. The van der Waals surface area contributed by atoms with E-state index in [4.69, 9.17) is 10.5 Å². The molecule has 0 fully saturated rings. The van der Waals surface area contributed by atoms with Crippen molar-refractivity contribution >= 4 is 16.8 Å². The Hall–Kier alpha value is -3.06. The van der Waals surface area contributed by atoms with Crippen LogP contribution in [0.3, 0.4) is 0 Å². The second kappa shape index (κ2) is 6.03. The molecule has 4 N–H and O–H groups in total. The molecule has 2 aromatic heterocycles. The Morgan fingerprint density at radius 1 is 1.27 bits per heavy atom. The van der Waals surface area contributed by atoms with E-state index in [1.165, 1.54) is 4.57 Å². The van der Waals surface area contributed by atoms with Crippen molar-refractivity contribution in [3.63, 3.8) is 0 Å². The molecule has 0 saturated heterocycles. The lowest BCUT2D eigenvalue weighted by Gasteiger charge is -2.20. The maximum Gasteiger partial charge on any atom is 0.274 e. The molecule has 3 aromatic rings. The van der Waals surface area contributed by atoms with Crippen molar-refractivity contribution in [1.82, 2.24) is 9.55 Å². The van der Waals surface area contributed by atoms with Gasteiger partial charge in [-0.15, -0.1) is 0 Å². The van der Waals surface area contributed by atoms with Gasteiger partial charge in [0.15, 0.2) is 0 Å². The van der Waals surface area contributed by atoms with Crippen LogP contribution in [0.15, 0.2) is 35.3 Å². The van der Waals surface area contributed by atoms with Crippen LogP contribution in [0.2, 0.25) is 0 Å². The summed E-state index contributed by atoms with van der Waals surface area (Å²) in [7, 11) is 3.18. The normalized spacial score (nSPS) is 11.7. The van der Waals surface area contributed by atoms with Crippen molar-refractivity contribution in [3.8, 4) is 16.9 Å². The van der Waals surface area contributed by atoms with Crippen LogP contribution in [0.5, 0.6) is 5.75 Å². The third-order valence-corrected chi connectivity index (χ3v) is 4.43. The van der Waals surface area contributed by atoms with Crippen molar-refractivity contribution < 1.29 is 14.6 Å². The summed E-state index contributed by atoms with van der Waals surface area (Å²) in [5.74, 6) is -0.0637. The standard InChI is InChI=1S/C19H21N3O4/c1-19(2,25)10-5-6-15(26-4)11(7-10)13-9-22(3)18(24)16-12(13)8-14(21-16)17(20)23/h5-9,21,25H,1-4H3,(H2,20,23). The van der Waals surface area contributed by atoms with Gasteiger partial charge in [-0.1, -0.05) is 6.07 Å². The molecular weight excluding hydrogens is 334 g/mol. The van der Waals surface area contributed by atoms with Crippen LogP contribution < -0.4 is 16.0 Å². The number of hydrogen-bond acceptors (Lipinski definition) is 4. The van der Waals surface area contributed by atoms with Crippen molar-refractivity contribution in [1.29, 1.82) is 0 Å². The first-order valence-electron chi connectivity index (χ1n) is 8.07. The van der Waals surface area contributed by atoms with E-state index in [1.54, 1.807) is 52.4 Å². The summed E-state index contributed by atoms with van der Waals surface area (Å²) in [6.45, 7) is 3.38. The van der Waals surface area contributed by atoms with Crippen LogP contribution in [-0.4, -0.2) is 27.7 Å². The predicted octanol–water partition coefficient (Wildman–Crippen LogP) is 1.87. The van der Waals surface area contributed by atoms with E-state index in [0.717, 1.165) is 0 Å². The number of H-pyrrole nitrogens is 1. The molecule has 7 heteroatoms. The predicted molar refractivity (Wildman–Crippen MR) is 99.3 cm³/mol. The maximum absolute atomic E-state index is 12.4. The summed E-state index contributed by atoms with van der Waals surface area (Å²) in [4.78, 5) is 26.8. The lowest BCUT2D eigenvalue weighted by molar-refractivity contribution is 0.0786. The Balaban J connectivity index is 2.40. The highest BCUT2D eigenvalue weighted by Crippen LogP contribution is 2.37. The minimum absolute atomic E-state index is 0.155. The van der Waals surface area contributed by atoms with Crippen molar-refractivity contribution in [3.05, 3.63) is 52.1 Å². The Morgan fingerprint density at radius 2 is 1.96 bits per heavy atom. The number of nitrogens with zero attached hydrogens (tertiary/aromatic N) is 1. The number of ether oxygens (including phenoxy) is 1. The fraction of sp³-hybridized carbons (Fsp3) is 0.263. The number of aromatic amines is 1. The smallest absolute Gasteiger partial charge is 0.274 e. The minimum atomic E-state index is -1.04. The zero-order chi connectivity index (χ0) is 19.2. The molecular formula is C19H21N3O4. The van der Waals surface area contributed by atoms with Crippen molar-refractivity contribution in [2.75, 3.05) is 7.11 Å². The number of methoxy groups -OCH3 is 1. The molecule has 0 saturated carbocycles. The van der Waals surface area contributed by atoms with Crippen LogP contribution in [0.25, 0.3) is 22.0 Å². The number of aryl methyl sites for hydroxylation is 1. The minimum Gasteiger partial charge on any atom is -0.496 e. The Labute approximate surface area is 150 Å². The number of aromatic nitrogens is 2. The van der Waals surface area contributed by atoms with Crippen molar-refractivity contribution in [2.45, 2.75) is 19.4 Å². The monoisotopic (exact) mass is 355 g/mol. The molecule has 7 nitrogen and oxygen atoms in total. The average Bonchev–Trinajstić information content (AvgIpc) is 3.02. The molecule has 1 aromatic carbocycles. The molecule has 0 aliphatic rings. The number of rotatable bonds is 4. The first-order valence-corrected chi connectivity index (χ1v) is 8.07. The molecule has 26 heavy (non-hydrogen) atoms. The molecule has 2 heterocycles. The van der Waals surface area contributed by atoms with E-state index in [-0.39, 0.29) is 16.8 Å². The molecule has 136 valence electrons. The van der Waals surface area contributed by atoms with Gasteiger partial charge in [0.1, 0.15) is 17.0 Å². The summed E-state index contributed by atoms with van der Waals surface area (Å²) in [5.41, 5.74) is 6.56. The Morgan fingerprint density at radius 3 is 2.54 bits per heavy atom. The summed E-state index contributed by atoms with van der Waals surface area (Å²) < 4.78 is 6.90. The van der Waals surface area contributed by atoms with Gasteiger partial charge in [0, 0.05) is 29.8 Å². The maximum atomic E-state index is 12.4. The molecule has 0 aliphatic carbocycles. The fourth-order valence-corrected chi connectivity index (χ4v) is 2.98.